The predicted molar refractivity (Wildman–Crippen MR) is 141 cm³/mol. The lowest BCUT2D eigenvalue weighted by atomic mass is 10.0. The van der Waals surface area contributed by atoms with Crippen LogP contribution in [0.25, 0.3) is 0 Å². The quantitative estimate of drug-likeness (QED) is 0.149. The van der Waals surface area contributed by atoms with Gasteiger partial charge in [-0.05, 0) is 35.9 Å². The number of methoxy groups -OCH3 is 1. The summed E-state index contributed by atoms with van der Waals surface area (Å²) in [5, 5.41) is 11.9. The van der Waals surface area contributed by atoms with E-state index in [9.17, 15) is 9.59 Å². The number of rotatable bonds is 10. The molecule has 7 nitrogen and oxygen atoms in total. The highest BCUT2D eigenvalue weighted by atomic mass is 35.5. The van der Waals surface area contributed by atoms with E-state index in [1.807, 2.05) is 6.07 Å². The van der Waals surface area contributed by atoms with E-state index in [0.717, 1.165) is 0 Å². The van der Waals surface area contributed by atoms with E-state index in [1.165, 1.54) is 24.1 Å². The van der Waals surface area contributed by atoms with Gasteiger partial charge in [0.15, 0.2) is 0 Å². The van der Waals surface area contributed by atoms with Gasteiger partial charge in [0.25, 0.3) is 11.8 Å². The lowest BCUT2D eigenvalue weighted by Crippen LogP contribution is -2.46. The topological polar surface area (TPSA) is 91.7 Å². The first-order valence-electron chi connectivity index (χ1n) is 10.8. The first kappa shape index (κ1) is 27.6. The minimum Gasteiger partial charge on any atom is -0.359 e. The zero-order valence-corrected chi connectivity index (χ0v) is 21.6. The molecule has 188 valence electrons. The van der Waals surface area contributed by atoms with Crippen LogP contribution in [0.4, 0.5) is 0 Å². The Morgan fingerprint density at radius 2 is 1.67 bits per heavy atom. The minimum atomic E-state index is -1.17. The summed E-state index contributed by atoms with van der Waals surface area (Å²) in [5.74, 6) is -1.18. The number of nitrogens with zero attached hydrogens (tertiary/aromatic N) is 1. The lowest BCUT2D eigenvalue weighted by Gasteiger charge is -2.31. The third-order valence-electron chi connectivity index (χ3n) is 5.14. The molecule has 3 aromatic carbocycles. The van der Waals surface area contributed by atoms with Crippen molar-refractivity contribution in [1.29, 1.82) is 5.41 Å². The molecule has 0 aliphatic carbocycles. The molecule has 3 aromatic rings. The van der Waals surface area contributed by atoms with Gasteiger partial charge in [0, 0.05) is 29.8 Å². The van der Waals surface area contributed by atoms with Gasteiger partial charge < -0.3 is 19.7 Å². The number of nitrogens with one attached hydrogen (secondary N) is 2. The fourth-order valence-electron chi connectivity index (χ4n) is 3.46. The first-order chi connectivity index (χ1) is 17.3. The Kier molecular flexibility index (Phi) is 10.3. The van der Waals surface area contributed by atoms with E-state index < -0.39 is 17.9 Å². The van der Waals surface area contributed by atoms with Crippen LogP contribution >= 0.6 is 34.8 Å². The Morgan fingerprint density at radius 3 is 2.33 bits per heavy atom. The second-order valence-corrected chi connectivity index (χ2v) is 8.88. The number of amides is 2. The molecular weight excluding hydrogens is 525 g/mol. The lowest BCUT2D eigenvalue weighted by molar-refractivity contribution is -0.125. The maximum absolute atomic E-state index is 13.7. The zero-order valence-electron chi connectivity index (χ0n) is 19.3. The molecule has 2 amide bonds. The van der Waals surface area contributed by atoms with Gasteiger partial charge >= 0.3 is 0 Å². The van der Waals surface area contributed by atoms with E-state index in [1.54, 1.807) is 54.6 Å². The average Bonchev–Trinajstić information content (AvgIpc) is 2.87. The van der Waals surface area contributed by atoms with Gasteiger partial charge in [-0.25, -0.2) is 0 Å². The van der Waals surface area contributed by atoms with E-state index in [4.69, 9.17) is 49.7 Å². The molecule has 2 N–H and O–H groups in total. The van der Waals surface area contributed by atoms with Gasteiger partial charge in [0.2, 0.25) is 0 Å². The SMILES string of the molecule is COCOCCN(C(=O)c1cccc(Cl)c1)C(C(=O)NC(=N)c1ccccc1)c1ccc(Cl)c(Cl)c1. The van der Waals surface area contributed by atoms with Crippen molar-refractivity contribution in [3.8, 4) is 0 Å². The fraction of sp³-hybridized carbons (Fsp3) is 0.192. The van der Waals surface area contributed by atoms with Crippen LogP contribution in [-0.2, 0) is 14.3 Å². The Hall–Kier alpha value is -2.94. The van der Waals surface area contributed by atoms with Gasteiger partial charge in [0.1, 0.15) is 18.7 Å². The van der Waals surface area contributed by atoms with Crippen molar-refractivity contribution in [2.24, 2.45) is 0 Å². The molecule has 0 aliphatic rings. The fourth-order valence-corrected chi connectivity index (χ4v) is 3.96. The molecule has 0 radical (unpaired) electrons. The van der Waals surface area contributed by atoms with Gasteiger partial charge in [-0.1, -0.05) is 77.3 Å². The summed E-state index contributed by atoms with van der Waals surface area (Å²) in [6.07, 6.45) is 0. The van der Waals surface area contributed by atoms with Crippen molar-refractivity contribution in [2.45, 2.75) is 6.04 Å². The van der Waals surface area contributed by atoms with Crippen molar-refractivity contribution in [3.05, 3.63) is 105 Å². The Labute approximate surface area is 224 Å². The van der Waals surface area contributed by atoms with Crippen LogP contribution in [0.15, 0.2) is 72.8 Å². The van der Waals surface area contributed by atoms with Crippen LogP contribution in [0.2, 0.25) is 15.1 Å². The Morgan fingerprint density at radius 1 is 0.944 bits per heavy atom. The summed E-state index contributed by atoms with van der Waals surface area (Å²) in [5.41, 5.74) is 1.20. The number of benzene rings is 3. The van der Waals surface area contributed by atoms with Crippen molar-refractivity contribution < 1.29 is 19.1 Å². The monoisotopic (exact) mass is 547 g/mol. The summed E-state index contributed by atoms with van der Waals surface area (Å²) >= 11 is 18.5. The average molecular weight is 549 g/mol. The standard InChI is InChI=1S/C26H24Cl3N3O4/c1-35-16-36-13-12-32(26(34)19-8-5-9-20(27)14-19)23(18-10-11-21(28)22(29)15-18)25(33)31-24(30)17-6-3-2-4-7-17/h2-11,14-15,23H,12-13,16H2,1H3,(H2,30,31,33). The highest BCUT2D eigenvalue weighted by Crippen LogP contribution is 2.30. The predicted octanol–water partition coefficient (Wildman–Crippen LogP) is 5.59. The number of carbonyl (C=O) groups excluding carboxylic acids is 2. The number of hydrogen-bond acceptors (Lipinski definition) is 5. The summed E-state index contributed by atoms with van der Waals surface area (Å²) in [7, 11) is 1.48. The molecule has 0 heterocycles. The molecule has 0 saturated heterocycles. The van der Waals surface area contributed by atoms with Crippen LogP contribution in [0, 0.1) is 5.41 Å². The maximum Gasteiger partial charge on any atom is 0.254 e. The van der Waals surface area contributed by atoms with Crippen molar-refractivity contribution in [2.75, 3.05) is 27.1 Å². The molecule has 0 fully saturated rings. The molecular formula is C26H24Cl3N3O4. The molecule has 3 rings (SSSR count). The molecule has 0 spiro atoms. The second-order valence-electron chi connectivity index (χ2n) is 7.63. The van der Waals surface area contributed by atoms with Crippen molar-refractivity contribution in [3.63, 3.8) is 0 Å². The molecule has 10 heteroatoms. The highest BCUT2D eigenvalue weighted by Gasteiger charge is 2.33. The van der Waals surface area contributed by atoms with E-state index in [-0.39, 0.29) is 36.4 Å². The molecule has 36 heavy (non-hydrogen) atoms. The number of ether oxygens (including phenoxy) is 2. The molecule has 1 unspecified atom stereocenters. The first-order valence-corrected chi connectivity index (χ1v) is 12.0. The smallest absolute Gasteiger partial charge is 0.254 e. The van der Waals surface area contributed by atoms with Crippen LogP contribution in [0.3, 0.4) is 0 Å². The van der Waals surface area contributed by atoms with Crippen molar-refractivity contribution in [1.82, 2.24) is 10.2 Å². The Bertz CT molecular complexity index is 1220. The van der Waals surface area contributed by atoms with Gasteiger partial charge in [0.05, 0.1) is 16.7 Å². The second kappa shape index (κ2) is 13.4. The molecule has 0 aromatic heterocycles. The Balaban J connectivity index is 2.03. The van der Waals surface area contributed by atoms with E-state index in [2.05, 4.69) is 5.32 Å². The van der Waals surface area contributed by atoms with Crippen LogP contribution in [0.1, 0.15) is 27.5 Å². The van der Waals surface area contributed by atoms with Crippen LogP contribution in [-0.4, -0.2) is 49.6 Å². The van der Waals surface area contributed by atoms with Gasteiger partial charge in [-0.3, -0.25) is 15.0 Å². The van der Waals surface area contributed by atoms with Gasteiger partial charge in [-0.15, -0.1) is 0 Å². The largest absolute Gasteiger partial charge is 0.359 e. The normalized spacial score (nSPS) is 11.6. The van der Waals surface area contributed by atoms with Gasteiger partial charge in [-0.2, -0.15) is 0 Å². The van der Waals surface area contributed by atoms with Crippen LogP contribution < -0.4 is 5.32 Å². The zero-order chi connectivity index (χ0) is 26.1. The maximum atomic E-state index is 13.7. The molecule has 1 atom stereocenters. The van der Waals surface area contributed by atoms with E-state index in [0.29, 0.717) is 21.2 Å². The number of hydrogen-bond donors (Lipinski definition) is 2. The summed E-state index contributed by atoms with van der Waals surface area (Å²) < 4.78 is 10.3. The molecule has 0 aliphatic heterocycles. The van der Waals surface area contributed by atoms with Crippen LogP contribution in [0.5, 0.6) is 0 Å². The minimum absolute atomic E-state index is 0.0154. The third kappa shape index (κ3) is 7.29. The number of carbonyl (C=O) groups is 2. The summed E-state index contributed by atoms with van der Waals surface area (Å²) in [6, 6.07) is 18.7. The molecule has 0 bridgehead atoms. The van der Waals surface area contributed by atoms with Crippen molar-refractivity contribution >= 4 is 52.5 Å². The number of amidine groups is 1. The molecule has 0 saturated carbocycles. The number of halogens is 3. The highest BCUT2D eigenvalue weighted by molar-refractivity contribution is 6.42. The third-order valence-corrected chi connectivity index (χ3v) is 6.11. The summed E-state index contributed by atoms with van der Waals surface area (Å²) in [4.78, 5) is 28.7. The van der Waals surface area contributed by atoms with E-state index >= 15 is 0 Å². The summed E-state index contributed by atoms with van der Waals surface area (Å²) in [6.45, 7) is 0.134.